The van der Waals surface area contributed by atoms with Crippen molar-refractivity contribution in [3.63, 3.8) is 0 Å². The predicted octanol–water partition coefficient (Wildman–Crippen LogP) is -26.3. The minimum Gasteiger partial charge on any atom is -0.790 e. The summed E-state index contributed by atoms with van der Waals surface area (Å²) in [4.78, 5) is 24.3. The van der Waals surface area contributed by atoms with Gasteiger partial charge in [0.2, 0.25) is 0 Å². The van der Waals surface area contributed by atoms with Crippen molar-refractivity contribution in [2.45, 2.75) is 0 Å². The molecule has 0 aromatic carbocycles. The van der Waals surface area contributed by atoms with Crippen molar-refractivity contribution >= 4 is 7.82 Å². The smallest absolute Gasteiger partial charge is 0.790 e. The molecule has 0 aliphatic rings. The largest absolute Gasteiger partial charge is 1.00 e. The molecule has 0 aliphatic carbocycles. The SMILES string of the molecule is O.O.O.O.O.O.O.O.O.O.O.O.O.O.O.O.O.O.O.O.O.O.O=P([O-])([O-])O.[Na+].[Na+]. The van der Waals surface area contributed by atoms with Gasteiger partial charge in [-0.1, -0.05) is 0 Å². The molecule has 0 aliphatic heterocycles. The Labute approximate surface area is 206 Å². The van der Waals surface area contributed by atoms with Crippen LogP contribution in [0.15, 0.2) is 0 Å². The van der Waals surface area contributed by atoms with E-state index in [1.807, 2.05) is 0 Å². The molecule has 29 heteroatoms. The summed E-state index contributed by atoms with van der Waals surface area (Å²) in [6.45, 7) is 0. The van der Waals surface area contributed by atoms with Crippen LogP contribution in [0.3, 0.4) is 0 Å². The van der Waals surface area contributed by atoms with Gasteiger partial charge in [0.1, 0.15) is 0 Å². The Morgan fingerprint density at radius 3 is 0.345 bits per heavy atom. The van der Waals surface area contributed by atoms with Crippen molar-refractivity contribution in [2.75, 3.05) is 0 Å². The van der Waals surface area contributed by atoms with E-state index in [-0.39, 0.29) is 180 Å². The summed E-state index contributed by atoms with van der Waals surface area (Å²) in [6.07, 6.45) is 0. The Kier molecular flexibility index (Phi) is 14500. The van der Waals surface area contributed by atoms with Gasteiger partial charge >= 0.3 is 59.1 Å². The van der Waals surface area contributed by atoms with E-state index in [9.17, 15) is 0 Å². The van der Waals surface area contributed by atoms with Gasteiger partial charge in [-0.05, 0) is 0 Å². The molecule has 0 unspecified atom stereocenters. The van der Waals surface area contributed by atoms with Crippen LogP contribution in [-0.4, -0.2) is 125 Å². The topological polar surface area (TPSA) is 776 Å². The number of hydrogen-bond acceptors (Lipinski definition) is 3. The van der Waals surface area contributed by atoms with Crippen molar-refractivity contribution in [2.24, 2.45) is 0 Å². The summed E-state index contributed by atoms with van der Waals surface area (Å²) in [6, 6.07) is 0. The van der Waals surface area contributed by atoms with E-state index in [1.165, 1.54) is 0 Å². The standard InChI is InChI=1S/2Na.H3O4P.22H2O/c;;1-5(2,3)4;;;;;;;;;;;;;;;;;;;;;;/h;;(H3,1,2,3,4);22*1H2/q2*+1;;;;;;;;;;;;;;;;;;;;;;;/p-2. The first-order valence-electron chi connectivity index (χ1n) is 0.748. The fourth-order valence-electron chi connectivity index (χ4n) is 0. The van der Waals surface area contributed by atoms with E-state index in [0.717, 1.165) is 0 Å². The maximum atomic E-state index is 8.66. The van der Waals surface area contributed by atoms with Crippen LogP contribution >= 0.6 is 7.82 Å². The van der Waals surface area contributed by atoms with Crippen molar-refractivity contribution in [1.29, 1.82) is 0 Å². The second-order valence-electron chi connectivity index (χ2n) is 0.469. The molecule has 26 nitrogen and oxygen atoms in total. The zero-order valence-corrected chi connectivity index (χ0v) is 20.0. The monoisotopic (exact) mass is 538 g/mol. The molecule has 0 aromatic heterocycles. The van der Waals surface area contributed by atoms with Crippen LogP contribution < -0.4 is 68.9 Å². The van der Waals surface area contributed by atoms with Crippen LogP contribution in [0, 0.1) is 0 Å². The molecule has 0 saturated carbocycles. The van der Waals surface area contributed by atoms with Crippen LogP contribution in [0.25, 0.3) is 0 Å². The Hall–Kier alpha value is 1.23. The molecule has 0 bridgehead atoms. The Morgan fingerprint density at radius 2 is 0.345 bits per heavy atom. The van der Waals surface area contributed by atoms with Gasteiger partial charge in [-0.25, -0.2) is 0 Å². The van der Waals surface area contributed by atoms with Gasteiger partial charge in [-0.2, -0.15) is 0 Å². The molecule has 208 valence electrons. The number of hydrogen-bond donors (Lipinski definition) is 1. The second-order valence-corrected chi connectivity index (χ2v) is 1.41. The molecular weight excluding hydrogens is 493 g/mol. The van der Waals surface area contributed by atoms with Crippen molar-refractivity contribution in [3.8, 4) is 0 Å². The fourth-order valence-corrected chi connectivity index (χ4v) is 0. The van der Waals surface area contributed by atoms with Crippen LogP contribution in [0.4, 0.5) is 0 Å². The number of rotatable bonds is 0. The second kappa shape index (κ2) is 446. The molecule has 0 spiro atoms. The van der Waals surface area contributed by atoms with E-state index in [1.54, 1.807) is 0 Å². The Bertz CT molecular complexity index is 62.8. The molecule has 0 rings (SSSR count). The summed E-state index contributed by atoms with van der Waals surface area (Å²) < 4.78 is 8.66. The molecule has 0 saturated heterocycles. The summed E-state index contributed by atoms with van der Waals surface area (Å²) in [5.74, 6) is 0. The third-order valence-electron chi connectivity index (χ3n) is 0. The molecule has 0 fully saturated rings. The van der Waals surface area contributed by atoms with E-state index in [2.05, 4.69) is 0 Å². The zero-order valence-electron chi connectivity index (χ0n) is 15.1. The van der Waals surface area contributed by atoms with Gasteiger partial charge in [-0.15, -0.1) is 0 Å². The van der Waals surface area contributed by atoms with Gasteiger partial charge in [0.25, 0.3) is 0 Å². The van der Waals surface area contributed by atoms with Gasteiger partial charge in [-0.3, -0.25) is 0 Å². The summed E-state index contributed by atoms with van der Waals surface area (Å²) in [5.41, 5.74) is 0. The van der Waals surface area contributed by atoms with E-state index in [0.29, 0.717) is 0 Å². The molecule has 0 radical (unpaired) electrons. The van der Waals surface area contributed by atoms with E-state index >= 15 is 0 Å². The third-order valence-corrected chi connectivity index (χ3v) is 0. The average Bonchev–Trinajstić information content (AvgIpc) is 0.722. The first-order valence-corrected chi connectivity index (χ1v) is 2.24. The Morgan fingerprint density at radius 1 is 0.345 bits per heavy atom. The van der Waals surface area contributed by atoms with Gasteiger partial charge in [0, 0.05) is 0 Å². The molecule has 0 amide bonds. The molecular formula is H45Na2O26P. The molecule has 0 aromatic rings. The minimum absolute atomic E-state index is 0. The minimum atomic E-state index is -5.14. The van der Waals surface area contributed by atoms with E-state index < -0.39 is 7.82 Å². The van der Waals surface area contributed by atoms with Crippen molar-refractivity contribution in [1.82, 2.24) is 0 Å². The summed E-state index contributed by atoms with van der Waals surface area (Å²) in [5, 5.41) is 0. The third kappa shape index (κ3) is 14300. The van der Waals surface area contributed by atoms with Crippen molar-refractivity contribution < 1.29 is 199 Å². The maximum Gasteiger partial charge on any atom is 1.00 e. The van der Waals surface area contributed by atoms with Crippen LogP contribution in [0.2, 0.25) is 0 Å². The molecule has 45 N–H and O–H groups in total. The van der Waals surface area contributed by atoms with Gasteiger partial charge in [0.05, 0.1) is 7.82 Å². The quantitative estimate of drug-likeness (QED) is 0.232. The van der Waals surface area contributed by atoms with Gasteiger partial charge in [0.15, 0.2) is 0 Å². The summed E-state index contributed by atoms with van der Waals surface area (Å²) >= 11 is 0. The number of phosphoric acid groups is 1. The summed E-state index contributed by atoms with van der Waals surface area (Å²) in [7, 11) is -5.14. The predicted molar refractivity (Wildman–Crippen MR) is 89.3 cm³/mol. The zero-order chi connectivity index (χ0) is 4.50. The average molecular weight is 538 g/mol. The Balaban J connectivity index is -0.000000000290. The maximum absolute atomic E-state index is 8.66. The van der Waals surface area contributed by atoms with Crippen LogP contribution in [0.1, 0.15) is 0 Å². The molecule has 0 heterocycles. The van der Waals surface area contributed by atoms with Gasteiger partial charge < -0.3 is 140 Å². The fraction of sp³-hybridized carbons (Fsp3) is 0. The first-order chi connectivity index (χ1) is 2.00. The van der Waals surface area contributed by atoms with Crippen molar-refractivity contribution in [3.05, 3.63) is 0 Å². The normalized spacial score (nSPS) is 2.03. The first kappa shape index (κ1) is 944. The van der Waals surface area contributed by atoms with Crippen LogP contribution in [0.5, 0.6) is 0 Å². The van der Waals surface area contributed by atoms with Crippen LogP contribution in [-0.2, 0) is 4.57 Å². The molecule has 29 heavy (non-hydrogen) atoms. The molecule has 0 atom stereocenters. The van der Waals surface area contributed by atoms with E-state index in [4.69, 9.17) is 19.2 Å².